The third kappa shape index (κ3) is 8.24. The summed E-state index contributed by atoms with van der Waals surface area (Å²) in [5, 5.41) is 24.7. The average Bonchev–Trinajstić information content (AvgIpc) is 2.97. The van der Waals surface area contributed by atoms with Crippen molar-refractivity contribution >= 4 is 11.9 Å². The van der Waals surface area contributed by atoms with Crippen LogP contribution in [0.15, 0.2) is 70.6 Å². The van der Waals surface area contributed by atoms with Crippen LogP contribution in [-0.2, 0) is 10.4 Å². The number of amidine groups is 2. The lowest BCUT2D eigenvalue weighted by Crippen LogP contribution is -2.42. The zero-order valence-corrected chi connectivity index (χ0v) is 26.3. The van der Waals surface area contributed by atoms with Crippen LogP contribution in [0.1, 0.15) is 84.4 Å². The van der Waals surface area contributed by atoms with E-state index in [1.807, 2.05) is 76.2 Å². The molecule has 0 spiro atoms. The number of aliphatic imine (C=N–C) groups is 2. The summed E-state index contributed by atoms with van der Waals surface area (Å²) in [7, 11) is 0. The second-order valence-corrected chi connectivity index (χ2v) is 11.6. The number of aliphatic hydroxyl groups is 2. The average molecular weight is 586 g/mol. The molecule has 230 valence electrons. The topological polar surface area (TPSA) is 95.7 Å². The predicted octanol–water partition coefficient (Wildman–Crippen LogP) is 7.20. The van der Waals surface area contributed by atoms with Crippen molar-refractivity contribution in [2.75, 3.05) is 19.8 Å². The first-order valence-corrected chi connectivity index (χ1v) is 15.5. The van der Waals surface area contributed by atoms with E-state index < -0.39 is 11.8 Å². The largest absolute Gasteiger partial charge is 0.490 e. The van der Waals surface area contributed by atoms with Crippen molar-refractivity contribution in [1.82, 2.24) is 5.32 Å². The number of nitrogens with zero attached hydrogens (tertiary/aromatic N) is 2. The van der Waals surface area contributed by atoms with Gasteiger partial charge < -0.3 is 19.7 Å². The van der Waals surface area contributed by atoms with Gasteiger partial charge in [0.2, 0.25) is 5.66 Å². The molecule has 0 aliphatic carbocycles. The first-order chi connectivity index (χ1) is 20.7. The van der Waals surface area contributed by atoms with Crippen LogP contribution in [-0.4, -0.2) is 48.0 Å². The van der Waals surface area contributed by atoms with Crippen LogP contribution in [0.5, 0.6) is 5.75 Å². The molecular formula is C36H47N3O4. The highest BCUT2D eigenvalue weighted by Crippen LogP contribution is 2.43. The van der Waals surface area contributed by atoms with E-state index in [4.69, 9.17) is 19.5 Å². The number of benzene rings is 3. The number of hydrogen-bond donors (Lipinski definition) is 3. The van der Waals surface area contributed by atoms with E-state index in [1.165, 1.54) is 25.7 Å². The third-order valence-electron chi connectivity index (χ3n) is 7.81. The summed E-state index contributed by atoms with van der Waals surface area (Å²) in [6, 6.07) is 19.6. The molecule has 0 bridgehead atoms. The molecule has 7 nitrogen and oxygen atoms in total. The van der Waals surface area contributed by atoms with Crippen LogP contribution >= 0.6 is 0 Å². The molecule has 7 heteroatoms. The van der Waals surface area contributed by atoms with Crippen LogP contribution in [0.25, 0.3) is 0 Å². The fraction of sp³-hybridized carbons (Fsp3) is 0.444. The highest BCUT2D eigenvalue weighted by atomic mass is 16.5. The van der Waals surface area contributed by atoms with E-state index in [2.05, 4.69) is 24.4 Å². The van der Waals surface area contributed by atoms with Gasteiger partial charge in [-0.15, -0.1) is 0 Å². The summed E-state index contributed by atoms with van der Waals surface area (Å²) in [4.78, 5) is 9.99. The fourth-order valence-corrected chi connectivity index (χ4v) is 5.62. The predicted molar refractivity (Wildman–Crippen MR) is 174 cm³/mol. The highest BCUT2D eigenvalue weighted by Gasteiger charge is 2.41. The molecule has 0 amide bonds. The molecule has 3 aromatic carbocycles. The molecule has 0 radical (unpaired) electrons. The number of aryl methyl sites for hydroxylation is 4. The van der Waals surface area contributed by atoms with Gasteiger partial charge in [0.05, 0.1) is 6.61 Å². The van der Waals surface area contributed by atoms with Gasteiger partial charge in [0, 0.05) is 23.3 Å². The first kappa shape index (κ1) is 32.2. The van der Waals surface area contributed by atoms with E-state index in [-0.39, 0.29) is 19.2 Å². The Bertz CT molecular complexity index is 1430. The van der Waals surface area contributed by atoms with Crippen molar-refractivity contribution < 1.29 is 19.7 Å². The van der Waals surface area contributed by atoms with Gasteiger partial charge in [-0.25, -0.2) is 4.99 Å². The Kier molecular flexibility index (Phi) is 11.4. The molecule has 4 rings (SSSR count). The van der Waals surface area contributed by atoms with Gasteiger partial charge in [-0.3, -0.25) is 5.32 Å². The van der Waals surface area contributed by atoms with E-state index >= 15 is 0 Å². The Labute approximate surface area is 256 Å². The van der Waals surface area contributed by atoms with E-state index in [1.54, 1.807) is 0 Å². The molecule has 1 aliphatic heterocycles. The third-order valence-corrected chi connectivity index (χ3v) is 7.81. The Morgan fingerprint density at radius 2 is 1.49 bits per heavy atom. The molecule has 1 heterocycles. The van der Waals surface area contributed by atoms with Gasteiger partial charge in [-0.1, -0.05) is 105 Å². The van der Waals surface area contributed by atoms with E-state index in [0.29, 0.717) is 23.8 Å². The maximum absolute atomic E-state index is 11.1. The van der Waals surface area contributed by atoms with Gasteiger partial charge in [-0.05, 0) is 51.3 Å². The smallest absolute Gasteiger partial charge is 0.290 e. The molecule has 2 unspecified atom stereocenters. The van der Waals surface area contributed by atoms with Crippen molar-refractivity contribution in [3.8, 4) is 5.75 Å². The second-order valence-electron chi connectivity index (χ2n) is 11.6. The van der Waals surface area contributed by atoms with Crippen molar-refractivity contribution in [3.05, 3.63) is 99.6 Å². The number of hydrogen-bond acceptors (Lipinski definition) is 6. The second kappa shape index (κ2) is 15.2. The van der Waals surface area contributed by atoms with Gasteiger partial charge in [0.1, 0.15) is 24.3 Å². The Morgan fingerprint density at radius 1 is 0.791 bits per heavy atom. The van der Waals surface area contributed by atoms with Crippen LogP contribution in [0.2, 0.25) is 0 Å². The molecular weight excluding hydrogens is 538 g/mol. The van der Waals surface area contributed by atoms with Gasteiger partial charge >= 0.3 is 0 Å². The molecule has 43 heavy (non-hydrogen) atoms. The minimum Gasteiger partial charge on any atom is -0.490 e. The number of para-hydroxylation sites is 1. The van der Waals surface area contributed by atoms with Crippen LogP contribution in [0.3, 0.4) is 0 Å². The highest BCUT2D eigenvalue weighted by molar-refractivity contribution is 6.09. The lowest BCUT2D eigenvalue weighted by Gasteiger charge is -2.34. The molecule has 0 saturated carbocycles. The minimum absolute atomic E-state index is 0.0536. The molecule has 3 N–H and O–H groups in total. The van der Waals surface area contributed by atoms with Crippen LogP contribution in [0.4, 0.5) is 0 Å². The molecule has 1 aliphatic rings. The minimum atomic E-state index is -1.32. The Morgan fingerprint density at radius 3 is 2.23 bits per heavy atom. The summed E-state index contributed by atoms with van der Waals surface area (Å²) < 4.78 is 12.0. The van der Waals surface area contributed by atoms with Crippen molar-refractivity contribution in [3.63, 3.8) is 0 Å². The van der Waals surface area contributed by atoms with Gasteiger partial charge in [0.15, 0.2) is 0 Å². The SMILES string of the molecule is CCCCCCCCOCC(O)COc1ccccc1C1(c2ccc(C)cc2C)N=C(O)NC(c2ccc(C)cc2C)=N1. The standard InChI is InChI=1S/C36H47N3O4/c1-6-7-8-9-10-13-20-42-23-29(40)24-43-33-15-12-11-14-32(33)36(31-19-17-26(3)22-28(31)5)38-34(37-35(41)39-36)30-18-16-25(2)21-27(30)4/h11-12,14-19,21-22,29,40H,6-10,13,20,23-24H2,1-5H3,(H2,37,38,39,41). The molecule has 0 aromatic heterocycles. The Balaban J connectivity index is 1.62. The Hall–Kier alpha value is -3.68. The zero-order chi connectivity index (χ0) is 30.8. The lowest BCUT2D eigenvalue weighted by molar-refractivity contribution is 0.0106. The number of aliphatic hydroxyl groups excluding tert-OH is 2. The zero-order valence-electron chi connectivity index (χ0n) is 26.3. The summed E-state index contributed by atoms with van der Waals surface area (Å²) >= 11 is 0. The summed E-state index contributed by atoms with van der Waals surface area (Å²) in [5.74, 6) is 1.04. The van der Waals surface area contributed by atoms with Crippen LogP contribution < -0.4 is 10.1 Å². The quantitative estimate of drug-likeness (QED) is 0.164. The number of ether oxygens (including phenoxy) is 2. The van der Waals surface area contributed by atoms with E-state index in [9.17, 15) is 10.2 Å². The van der Waals surface area contributed by atoms with Gasteiger partial charge in [0.25, 0.3) is 6.02 Å². The summed E-state index contributed by atoms with van der Waals surface area (Å²) in [6.45, 7) is 11.3. The molecule has 3 aromatic rings. The van der Waals surface area contributed by atoms with Crippen molar-refractivity contribution in [2.24, 2.45) is 9.98 Å². The number of unbranched alkanes of at least 4 members (excludes halogenated alkanes) is 5. The van der Waals surface area contributed by atoms with Crippen LogP contribution in [0, 0.1) is 27.7 Å². The van der Waals surface area contributed by atoms with Crippen molar-refractivity contribution in [1.29, 1.82) is 0 Å². The normalized spacial score (nSPS) is 17.2. The van der Waals surface area contributed by atoms with E-state index in [0.717, 1.165) is 46.2 Å². The molecule has 2 atom stereocenters. The monoisotopic (exact) mass is 585 g/mol. The maximum atomic E-state index is 11.1. The number of rotatable bonds is 15. The first-order valence-electron chi connectivity index (χ1n) is 15.5. The number of nitrogens with one attached hydrogen (secondary N) is 1. The fourth-order valence-electron chi connectivity index (χ4n) is 5.62. The summed E-state index contributed by atoms with van der Waals surface area (Å²) in [6.07, 6.45) is 6.37. The molecule has 0 saturated heterocycles. The van der Waals surface area contributed by atoms with Crippen molar-refractivity contribution in [2.45, 2.75) is 84.9 Å². The maximum Gasteiger partial charge on any atom is 0.290 e. The summed E-state index contributed by atoms with van der Waals surface area (Å²) in [5.41, 5.74) is 5.32. The molecule has 0 fully saturated rings. The lowest BCUT2D eigenvalue weighted by atomic mass is 9.87. The van der Waals surface area contributed by atoms with Gasteiger partial charge in [-0.2, -0.15) is 4.99 Å².